The first kappa shape index (κ1) is 36.6. The van der Waals surface area contributed by atoms with Crippen LogP contribution in [0.5, 0.6) is 0 Å². The van der Waals surface area contributed by atoms with Crippen molar-refractivity contribution in [3.05, 3.63) is 0 Å². The van der Waals surface area contributed by atoms with Gasteiger partial charge in [0.15, 0.2) is 12.4 Å². The van der Waals surface area contributed by atoms with Crippen molar-refractivity contribution in [2.24, 2.45) is 5.92 Å². The first-order chi connectivity index (χ1) is 18.5. The van der Waals surface area contributed by atoms with Crippen LogP contribution in [0.4, 0.5) is 4.79 Å². The number of rotatable bonds is 14. The Bertz CT molecular complexity index is 819. The number of hydrogen-bond donors (Lipinski definition) is 3. The summed E-state index contributed by atoms with van der Waals surface area (Å²) in [5, 5.41) is 16.0. The molecule has 40 heavy (non-hydrogen) atoms. The molecule has 1 heterocycles. The van der Waals surface area contributed by atoms with E-state index in [-0.39, 0.29) is 70.3 Å². The van der Waals surface area contributed by atoms with Gasteiger partial charge in [-0.2, -0.15) is 0 Å². The van der Waals surface area contributed by atoms with Gasteiger partial charge in [0.25, 0.3) is 0 Å². The smallest absolute Gasteiger partial charge is 0.315 e. The molecule has 1 saturated heterocycles. The number of urea groups is 1. The monoisotopic (exact) mass is 651 g/mol. The van der Waals surface area contributed by atoms with Crippen LogP contribution in [0, 0.1) is 5.92 Å². The third kappa shape index (κ3) is 12.2. The third-order valence-electron chi connectivity index (χ3n) is 6.46. The Kier molecular flexibility index (Phi) is 17.3. The van der Waals surface area contributed by atoms with E-state index in [9.17, 15) is 24.3 Å². The molecule has 3 N–H and O–H groups in total. The molecule has 2 aliphatic rings. The second kappa shape index (κ2) is 18.9. The third-order valence-corrected chi connectivity index (χ3v) is 6.46. The largest absolute Gasteiger partial charge is 0.463 e. The van der Waals surface area contributed by atoms with Gasteiger partial charge in [0.2, 0.25) is 0 Å². The Hall–Kier alpha value is -1.42. The van der Waals surface area contributed by atoms with Crippen LogP contribution in [0.2, 0.25) is 0 Å². The number of unbranched alkanes of at least 4 members (excludes halogenated alkanes) is 1. The van der Waals surface area contributed by atoms with Gasteiger partial charge in [0.05, 0.1) is 18.8 Å². The van der Waals surface area contributed by atoms with Gasteiger partial charge in [0.1, 0.15) is 24.9 Å². The van der Waals surface area contributed by atoms with Gasteiger partial charge in [-0.1, -0.05) is 0 Å². The molecule has 8 unspecified atom stereocenters. The Labute approximate surface area is 259 Å². The van der Waals surface area contributed by atoms with Crippen molar-refractivity contribution < 1.29 is 90.2 Å². The Morgan fingerprint density at radius 1 is 0.925 bits per heavy atom. The SMILES string of the molecule is COCC1CC(NC(=O)NCCCCOC2CC(OC(C)=O)C(OC(C)=O)C(COC(C)=O)O2)C(OC)C1O.[Y]. The van der Waals surface area contributed by atoms with Crippen LogP contribution in [-0.2, 0) is 80.3 Å². The van der Waals surface area contributed by atoms with Crippen LogP contribution in [0.15, 0.2) is 0 Å². The van der Waals surface area contributed by atoms with Gasteiger partial charge in [-0.25, -0.2) is 4.79 Å². The maximum Gasteiger partial charge on any atom is 0.315 e. The van der Waals surface area contributed by atoms with Gasteiger partial charge < -0.3 is 48.9 Å². The molecule has 0 aromatic carbocycles. The van der Waals surface area contributed by atoms with Crippen molar-refractivity contribution in [3.8, 4) is 0 Å². The minimum absolute atomic E-state index is 0. The second-order valence-electron chi connectivity index (χ2n) is 9.59. The quantitative estimate of drug-likeness (QED) is 0.131. The van der Waals surface area contributed by atoms with E-state index in [0.717, 1.165) is 0 Å². The van der Waals surface area contributed by atoms with Gasteiger partial charge in [-0.3, -0.25) is 14.4 Å². The number of nitrogens with one attached hydrogen (secondary N) is 2. The fraction of sp³-hybridized carbons (Fsp3) is 0.840. The molecule has 1 saturated carbocycles. The van der Waals surface area contributed by atoms with E-state index in [2.05, 4.69) is 10.6 Å². The van der Waals surface area contributed by atoms with E-state index >= 15 is 0 Å². The number of carbonyl (C=O) groups excluding carboxylic acids is 4. The molecule has 8 atom stereocenters. The van der Waals surface area contributed by atoms with E-state index in [4.69, 9.17) is 33.2 Å². The summed E-state index contributed by atoms with van der Waals surface area (Å²) in [6.45, 7) is 4.52. The zero-order valence-electron chi connectivity index (χ0n) is 23.8. The summed E-state index contributed by atoms with van der Waals surface area (Å²) in [6.07, 6.45) is -2.88. The van der Waals surface area contributed by atoms with E-state index in [1.807, 2.05) is 0 Å². The molecule has 0 aromatic rings. The summed E-state index contributed by atoms with van der Waals surface area (Å²) in [5.74, 6) is -1.82. The van der Waals surface area contributed by atoms with E-state index in [1.54, 1.807) is 7.11 Å². The topological polar surface area (TPSA) is 177 Å². The molecule has 0 bridgehead atoms. The normalized spacial score (nSPS) is 29.6. The molecule has 2 rings (SSSR count). The summed E-state index contributed by atoms with van der Waals surface area (Å²) in [7, 11) is 3.06. The fourth-order valence-electron chi connectivity index (χ4n) is 4.80. The van der Waals surface area contributed by atoms with E-state index in [1.165, 1.54) is 27.9 Å². The summed E-state index contributed by atoms with van der Waals surface area (Å²) in [4.78, 5) is 46.9. The molecular formula is C25H42N2O12Y. The second-order valence-corrected chi connectivity index (χ2v) is 9.59. The number of methoxy groups -OCH3 is 2. The average molecular weight is 652 g/mol. The Morgan fingerprint density at radius 3 is 2.23 bits per heavy atom. The molecule has 1 aliphatic heterocycles. The Morgan fingerprint density at radius 2 is 1.62 bits per heavy atom. The van der Waals surface area contributed by atoms with Gasteiger partial charge in [0, 0.05) is 93.2 Å². The first-order valence-electron chi connectivity index (χ1n) is 13.0. The van der Waals surface area contributed by atoms with Crippen molar-refractivity contribution in [3.63, 3.8) is 0 Å². The minimum atomic E-state index is -0.961. The number of carbonyl (C=O) groups is 4. The number of aliphatic hydroxyl groups excluding tert-OH is 1. The number of esters is 3. The molecule has 15 heteroatoms. The van der Waals surface area contributed by atoms with Crippen LogP contribution in [0.25, 0.3) is 0 Å². The van der Waals surface area contributed by atoms with Gasteiger partial charge in [-0.05, 0) is 19.3 Å². The van der Waals surface area contributed by atoms with Crippen molar-refractivity contribution in [2.45, 2.75) is 89.3 Å². The number of hydrogen-bond acceptors (Lipinski definition) is 12. The molecule has 2 amide bonds. The molecule has 1 aliphatic carbocycles. The predicted octanol–water partition coefficient (Wildman–Crippen LogP) is 0.0322. The molecular weight excluding hydrogens is 609 g/mol. The summed E-state index contributed by atoms with van der Waals surface area (Å²) in [5.41, 5.74) is 0. The standard InChI is InChI=1S/C25H42N2O12.Y/c1-14(28)36-13-20-24(38-16(3)30)19(37-15(2)29)11-21(39-20)35-9-7-6-8-26-25(32)27-18-10-17(12-33-4)22(31)23(18)34-5;/h17-24,31H,6-13H2,1-5H3,(H2,26,27,32);. The predicted molar refractivity (Wildman–Crippen MR) is 133 cm³/mol. The maximum absolute atomic E-state index is 12.3. The van der Waals surface area contributed by atoms with Crippen molar-refractivity contribution in [1.82, 2.24) is 10.6 Å². The average Bonchev–Trinajstić information content (AvgIpc) is 3.14. The molecule has 0 aromatic heterocycles. The van der Waals surface area contributed by atoms with Gasteiger partial charge >= 0.3 is 23.9 Å². The van der Waals surface area contributed by atoms with Crippen LogP contribution in [-0.4, -0.2) is 112 Å². The number of amides is 2. The number of aliphatic hydroxyl groups is 1. The molecule has 227 valence electrons. The maximum atomic E-state index is 12.3. The molecule has 0 spiro atoms. The van der Waals surface area contributed by atoms with Crippen LogP contribution < -0.4 is 10.6 Å². The van der Waals surface area contributed by atoms with Crippen LogP contribution >= 0.6 is 0 Å². The van der Waals surface area contributed by atoms with E-state index in [0.29, 0.717) is 32.4 Å². The van der Waals surface area contributed by atoms with Crippen molar-refractivity contribution in [1.29, 1.82) is 0 Å². The Balaban J connectivity index is 0.00000800. The minimum Gasteiger partial charge on any atom is -0.463 e. The van der Waals surface area contributed by atoms with Crippen LogP contribution in [0.1, 0.15) is 46.5 Å². The van der Waals surface area contributed by atoms with Crippen molar-refractivity contribution >= 4 is 23.9 Å². The summed E-state index contributed by atoms with van der Waals surface area (Å²) in [6, 6.07) is -0.698. The zero-order chi connectivity index (χ0) is 28.9. The molecule has 1 radical (unpaired) electrons. The zero-order valence-corrected chi connectivity index (χ0v) is 26.6. The fourth-order valence-corrected chi connectivity index (χ4v) is 4.80. The van der Waals surface area contributed by atoms with Crippen LogP contribution in [0.3, 0.4) is 0 Å². The first-order valence-corrected chi connectivity index (χ1v) is 13.0. The summed E-state index contributed by atoms with van der Waals surface area (Å²) < 4.78 is 37.8. The van der Waals surface area contributed by atoms with E-state index < -0.39 is 54.7 Å². The van der Waals surface area contributed by atoms with Gasteiger partial charge in [-0.15, -0.1) is 0 Å². The summed E-state index contributed by atoms with van der Waals surface area (Å²) >= 11 is 0. The molecule has 14 nitrogen and oxygen atoms in total. The molecule has 2 fully saturated rings. The number of ether oxygens (including phenoxy) is 7. The van der Waals surface area contributed by atoms with Crippen molar-refractivity contribution in [2.75, 3.05) is 40.6 Å².